The van der Waals surface area contributed by atoms with Gasteiger partial charge in [-0.15, -0.1) is 0 Å². The van der Waals surface area contributed by atoms with Crippen molar-refractivity contribution in [1.82, 2.24) is 14.9 Å². The highest BCUT2D eigenvalue weighted by molar-refractivity contribution is 5.26. The van der Waals surface area contributed by atoms with E-state index >= 15 is 0 Å². The van der Waals surface area contributed by atoms with Gasteiger partial charge in [-0.1, -0.05) is 19.1 Å². The Morgan fingerprint density at radius 3 is 2.82 bits per heavy atom. The number of phenolic OH excluding ortho intramolecular Hbond substituents is 1. The van der Waals surface area contributed by atoms with Gasteiger partial charge >= 0.3 is 0 Å². The summed E-state index contributed by atoms with van der Waals surface area (Å²) in [5, 5.41) is 9.33. The van der Waals surface area contributed by atoms with E-state index < -0.39 is 0 Å². The average molecular weight is 299 g/mol. The number of rotatable bonds is 4. The summed E-state index contributed by atoms with van der Waals surface area (Å²) in [7, 11) is 0. The molecule has 1 aromatic carbocycles. The van der Waals surface area contributed by atoms with Crippen LogP contribution in [0, 0.1) is 0 Å². The van der Waals surface area contributed by atoms with Crippen molar-refractivity contribution in [2.45, 2.75) is 39.3 Å². The largest absolute Gasteiger partial charge is 0.508 e. The number of hydrogen-bond donors (Lipinski definition) is 2. The molecule has 0 spiro atoms. The molecule has 2 N–H and O–H groups in total. The van der Waals surface area contributed by atoms with Crippen LogP contribution in [0.3, 0.4) is 0 Å². The monoisotopic (exact) mass is 299 g/mol. The lowest BCUT2D eigenvalue weighted by Gasteiger charge is -2.27. The normalized spacial score (nSPS) is 14.8. The Morgan fingerprint density at radius 2 is 2.09 bits per heavy atom. The second-order valence-electron chi connectivity index (χ2n) is 5.81. The van der Waals surface area contributed by atoms with Crippen molar-refractivity contribution in [3.8, 4) is 5.75 Å². The molecule has 1 aliphatic rings. The maximum atomic E-state index is 12.2. The van der Waals surface area contributed by atoms with Crippen LogP contribution in [-0.2, 0) is 25.9 Å². The number of nitrogens with zero attached hydrogens (tertiary/aromatic N) is 2. The van der Waals surface area contributed by atoms with Crippen LogP contribution in [0.5, 0.6) is 5.75 Å². The molecule has 0 amide bonds. The highest BCUT2D eigenvalue weighted by Gasteiger charge is 2.21. The van der Waals surface area contributed by atoms with Gasteiger partial charge in [0.05, 0.1) is 11.3 Å². The maximum absolute atomic E-state index is 12.2. The molecule has 5 nitrogen and oxygen atoms in total. The molecule has 0 radical (unpaired) electrons. The maximum Gasteiger partial charge on any atom is 0.255 e. The van der Waals surface area contributed by atoms with E-state index in [-0.39, 0.29) is 11.3 Å². The second kappa shape index (κ2) is 6.32. The van der Waals surface area contributed by atoms with E-state index in [1.54, 1.807) is 12.1 Å². The lowest BCUT2D eigenvalue weighted by atomic mass is 10.1. The number of benzene rings is 1. The minimum absolute atomic E-state index is 0.00357. The van der Waals surface area contributed by atoms with E-state index in [9.17, 15) is 9.90 Å². The highest BCUT2D eigenvalue weighted by atomic mass is 16.3. The molecule has 0 unspecified atom stereocenters. The third-order valence-corrected chi connectivity index (χ3v) is 4.03. The summed E-state index contributed by atoms with van der Waals surface area (Å²) >= 11 is 0. The number of H-pyrrole nitrogens is 1. The topological polar surface area (TPSA) is 69.2 Å². The number of aromatic nitrogens is 2. The van der Waals surface area contributed by atoms with Crippen molar-refractivity contribution in [2.24, 2.45) is 0 Å². The number of hydrogen-bond acceptors (Lipinski definition) is 4. The van der Waals surface area contributed by atoms with Crippen LogP contribution < -0.4 is 5.56 Å². The predicted molar refractivity (Wildman–Crippen MR) is 84.8 cm³/mol. The molecule has 22 heavy (non-hydrogen) atoms. The van der Waals surface area contributed by atoms with Crippen LogP contribution in [-0.4, -0.2) is 26.5 Å². The number of fused-ring (bicyclic) bond motifs is 1. The van der Waals surface area contributed by atoms with Gasteiger partial charge in [0.1, 0.15) is 11.6 Å². The summed E-state index contributed by atoms with van der Waals surface area (Å²) in [5.41, 5.74) is 2.89. The molecule has 116 valence electrons. The third kappa shape index (κ3) is 3.20. The van der Waals surface area contributed by atoms with Crippen molar-refractivity contribution < 1.29 is 5.11 Å². The van der Waals surface area contributed by atoms with Crippen LogP contribution in [0.4, 0.5) is 0 Å². The Kier molecular flexibility index (Phi) is 4.24. The summed E-state index contributed by atoms with van der Waals surface area (Å²) in [5.74, 6) is 1.08. The SMILES string of the molecule is CCCc1nc2c(c(=O)[nH]1)CN(Cc1ccc(O)cc1)CC2. The first-order valence-corrected chi connectivity index (χ1v) is 7.77. The first-order chi connectivity index (χ1) is 10.7. The first-order valence-electron chi connectivity index (χ1n) is 7.77. The summed E-state index contributed by atoms with van der Waals surface area (Å²) in [6.45, 7) is 4.38. The molecule has 0 bridgehead atoms. The fourth-order valence-electron chi connectivity index (χ4n) is 2.88. The van der Waals surface area contributed by atoms with Crippen LogP contribution in [0.1, 0.15) is 36.0 Å². The summed E-state index contributed by atoms with van der Waals surface area (Å²) < 4.78 is 0. The van der Waals surface area contributed by atoms with E-state index in [2.05, 4.69) is 21.8 Å². The third-order valence-electron chi connectivity index (χ3n) is 4.03. The number of phenols is 1. The zero-order chi connectivity index (χ0) is 15.5. The molecular weight excluding hydrogens is 278 g/mol. The number of aryl methyl sites for hydroxylation is 1. The van der Waals surface area contributed by atoms with Gasteiger partial charge in [-0.2, -0.15) is 0 Å². The Bertz CT molecular complexity index is 707. The van der Waals surface area contributed by atoms with E-state index in [0.717, 1.165) is 55.0 Å². The van der Waals surface area contributed by atoms with Gasteiger partial charge in [0.2, 0.25) is 0 Å². The molecule has 5 heteroatoms. The fraction of sp³-hybridized carbons (Fsp3) is 0.412. The Labute approximate surface area is 129 Å². The van der Waals surface area contributed by atoms with Crippen molar-refractivity contribution in [3.63, 3.8) is 0 Å². The fourth-order valence-corrected chi connectivity index (χ4v) is 2.88. The van der Waals surface area contributed by atoms with Crippen molar-refractivity contribution in [1.29, 1.82) is 0 Å². The van der Waals surface area contributed by atoms with Crippen LogP contribution in [0.15, 0.2) is 29.1 Å². The molecule has 0 fully saturated rings. The van der Waals surface area contributed by atoms with Crippen LogP contribution >= 0.6 is 0 Å². The number of nitrogens with one attached hydrogen (secondary N) is 1. The highest BCUT2D eigenvalue weighted by Crippen LogP contribution is 2.18. The van der Waals surface area contributed by atoms with Crippen molar-refractivity contribution in [2.75, 3.05) is 6.54 Å². The van der Waals surface area contributed by atoms with Gasteiger partial charge in [0.25, 0.3) is 5.56 Å². The summed E-state index contributed by atoms with van der Waals surface area (Å²) in [6.07, 6.45) is 2.61. The lowest BCUT2D eigenvalue weighted by Crippen LogP contribution is -2.35. The van der Waals surface area contributed by atoms with Gasteiger partial charge in [-0.05, 0) is 24.1 Å². The molecule has 1 aromatic heterocycles. The lowest BCUT2D eigenvalue weighted by molar-refractivity contribution is 0.241. The minimum atomic E-state index is 0.00357. The van der Waals surface area contributed by atoms with E-state index in [0.29, 0.717) is 6.54 Å². The summed E-state index contributed by atoms with van der Waals surface area (Å²) in [4.78, 5) is 22.0. The molecule has 3 rings (SSSR count). The standard InChI is InChI=1S/C17H21N3O2/c1-2-3-16-18-15-8-9-20(11-14(15)17(22)19-16)10-12-4-6-13(21)7-5-12/h4-7,21H,2-3,8-11H2,1H3,(H,18,19,22). The Morgan fingerprint density at radius 1 is 1.32 bits per heavy atom. The second-order valence-corrected chi connectivity index (χ2v) is 5.81. The van der Waals surface area contributed by atoms with E-state index in [4.69, 9.17) is 0 Å². The van der Waals surface area contributed by atoms with Crippen molar-refractivity contribution in [3.05, 3.63) is 57.3 Å². The summed E-state index contributed by atoms with van der Waals surface area (Å²) in [6, 6.07) is 7.21. The zero-order valence-electron chi connectivity index (χ0n) is 12.8. The Hall–Kier alpha value is -2.14. The number of aromatic hydroxyl groups is 1. The smallest absolute Gasteiger partial charge is 0.255 e. The zero-order valence-corrected chi connectivity index (χ0v) is 12.8. The van der Waals surface area contributed by atoms with Gasteiger partial charge in [-0.25, -0.2) is 4.98 Å². The first kappa shape index (κ1) is 14.8. The molecule has 0 saturated carbocycles. The predicted octanol–water partition coefficient (Wildman–Crippen LogP) is 1.99. The molecular formula is C17H21N3O2. The van der Waals surface area contributed by atoms with Gasteiger partial charge in [0.15, 0.2) is 0 Å². The average Bonchev–Trinajstić information content (AvgIpc) is 2.51. The minimum Gasteiger partial charge on any atom is -0.508 e. The van der Waals surface area contributed by atoms with E-state index in [1.165, 1.54) is 0 Å². The van der Waals surface area contributed by atoms with Crippen LogP contribution in [0.2, 0.25) is 0 Å². The molecule has 2 heterocycles. The van der Waals surface area contributed by atoms with Gasteiger partial charge in [0, 0.05) is 32.5 Å². The number of aromatic amines is 1. The molecule has 2 aromatic rings. The van der Waals surface area contributed by atoms with Gasteiger partial charge in [-0.3, -0.25) is 9.69 Å². The molecule has 1 aliphatic heterocycles. The van der Waals surface area contributed by atoms with Gasteiger partial charge < -0.3 is 10.1 Å². The molecule has 0 atom stereocenters. The molecule has 0 aliphatic carbocycles. The van der Waals surface area contributed by atoms with Crippen LogP contribution in [0.25, 0.3) is 0 Å². The molecule has 0 saturated heterocycles. The quantitative estimate of drug-likeness (QED) is 0.906. The van der Waals surface area contributed by atoms with E-state index in [1.807, 2.05) is 12.1 Å². The van der Waals surface area contributed by atoms with Crippen molar-refractivity contribution >= 4 is 0 Å². The Balaban J connectivity index is 1.76.